The summed E-state index contributed by atoms with van der Waals surface area (Å²) in [5.41, 5.74) is 2.73. The van der Waals surface area contributed by atoms with E-state index in [1.165, 1.54) is 31.4 Å². The summed E-state index contributed by atoms with van der Waals surface area (Å²) in [6.07, 6.45) is 1.17. The molecule has 0 unspecified atom stereocenters. The quantitative estimate of drug-likeness (QED) is 0.703. The lowest BCUT2D eigenvalue weighted by molar-refractivity contribution is -0.137. The van der Waals surface area contributed by atoms with Gasteiger partial charge in [0.15, 0.2) is 0 Å². The molecule has 0 radical (unpaired) electrons. The fourth-order valence-electron chi connectivity index (χ4n) is 4.62. The SMILES string of the molecule is CC(=O)N1CCc2c(c(-c3ccc(C(F)(F)F)cc3)nn2CCCN2CCCCC2)C1. The number of carbonyl (C=O) groups excluding carboxylic acids is 1. The number of hydrogen-bond acceptors (Lipinski definition) is 3. The predicted molar refractivity (Wildman–Crippen MR) is 112 cm³/mol. The topological polar surface area (TPSA) is 41.4 Å². The first-order valence-corrected chi connectivity index (χ1v) is 11.1. The van der Waals surface area contributed by atoms with E-state index in [1.807, 2.05) is 4.68 Å². The number of likely N-dealkylation sites (tertiary alicyclic amines) is 1. The second kappa shape index (κ2) is 9.02. The minimum absolute atomic E-state index is 0.00173. The van der Waals surface area contributed by atoms with Crippen LogP contribution in [-0.2, 0) is 30.5 Å². The van der Waals surface area contributed by atoms with Crippen LogP contribution in [0.25, 0.3) is 11.3 Å². The minimum atomic E-state index is -4.36. The molecule has 168 valence electrons. The smallest absolute Gasteiger partial charge is 0.338 e. The lowest BCUT2D eigenvalue weighted by Gasteiger charge is -2.27. The van der Waals surface area contributed by atoms with Crippen LogP contribution in [0.3, 0.4) is 0 Å². The second-order valence-electron chi connectivity index (χ2n) is 8.52. The van der Waals surface area contributed by atoms with E-state index in [2.05, 4.69) is 4.90 Å². The molecule has 1 amide bonds. The number of alkyl halides is 3. The van der Waals surface area contributed by atoms with Crippen molar-refractivity contribution in [3.05, 3.63) is 41.1 Å². The van der Waals surface area contributed by atoms with Crippen molar-refractivity contribution in [2.24, 2.45) is 0 Å². The van der Waals surface area contributed by atoms with Gasteiger partial charge in [0.1, 0.15) is 0 Å². The Labute approximate surface area is 180 Å². The van der Waals surface area contributed by atoms with Gasteiger partial charge in [-0.2, -0.15) is 18.3 Å². The van der Waals surface area contributed by atoms with E-state index < -0.39 is 11.7 Å². The van der Waals surface area contributed by atoms with Crippen LogP contribution < -0.4 is 0 Å². The highest BCUT2D eigenvalue weighted by Gasteiger charge is 2.31. The van der Waals surface area contributed by atoms with Gasteiger partial charge in [-0.3, -0.25) is 9.48 Å². The van der Waals surface area contributed by atoms with Gasteiger partial charge >= 0.3 is 6.18 Å². The van der Waals surface area contributed by atoms with E-state index in [9.17, 15) is 18.0 Å². The van der Waals surface area contributed by atoms with Gasteiger partial charge in [0.2, 0.25) is 5.91 Å². The molecule has 1 fully saturated rings. The van der Waals surface area contributed by atoms with Crippen LogP contribution in [0.5, 0.6) is 0 Å². The molecule has 0 saturated carbocycles. The number of carbonyl (C=O) groups is 1. The third-order valence-electron chi connectivity index (χ3n) is 6.36. The number of piperidine rings is 1. The van der Waals surface area contributed by atoms with E-state index in [-0.39, 0.29) is 5.91 Å². The fourth-order valence-corrected chi connectivity index (χ4v) is 4.62. The van der Waals surface area contributed by atoms with Gasteiger partial charge in [-0.05, 0) is 51.0 Å². The number of fused-ring (bicyclic) bond motifs is 1. The van der Waals surface area contributed by atoms with Crippen LogP contribution in [0.1, 0.15) is 49.4 Å². The largest absolute Gasteiger partial charge is 0.416 e. The first-order valence-electron chi connectivity index (χ1n) is 11.1. The highest BCUT2D eigenvalue weighted by molar-refractivity contribution is 5.74. The van der Waals surface area contributed by atoms with Gasteiger partial charge < -0.3 is 9.80 Å². The maximum Gasteiger partial charge on any atom is 0.416 e. The maximum absolute atomic E-state index is 13.0. The number of aryl methyl sites for hydroxylation is 1. The van der Waals surface area contributed by atoms with E-state index >= 15 is 0 Å². The predicted octanol–water partition coefficient (Wildman–Crippen LogP) is 4.35. The van der Waals surface area contributed by atoms with Crippen molar-refractivity contribution in [3.8, 4) is 11.3 Å². The highest BCUT2D eigenvalue weighted by atomic mass is 19.4. The summed E-state index contributed by atoms with van der Waals surface area (Å²) < 4.78 is 40.9. The van der Waals surface area contributed by atoms with Crippen LogP contribution in [0.4, 0.5) is 13.2 Å². The Morgan fingerprint density at radius 1 is 1.03 bits per heavy atom. The minimum Gasteiger partial charge on any atom is -0.338 e. The summed E-state index contributed by atoms with van der Waals surface area (Å²) in [4.78, 5) is 16.2. The Hall–Kier alpha value is -2.35. The Morgan fingerprint density at radius 2 is 1.74 bits per heavy atom. The van der Waals surface area contributed by atoms with Crippen LogP contribution in [0.15, 0.2) is 24.3 Å². The first kappa shape index (κ1) is 21.9. The Bertz CT molecular complexity index is 914. The molecular formula is C23H29F3N4O. The third kappa shape index (κ3) is 4.95. The van der Waals surface area contributed by atoms with Gasteiger partial charge in [0.05, 0.1) is 11.3 Å². The van der Waals surface area contributed by atoms with Gasteiger partial charge in [0.25, 0.3) is 0 Å². The summed E-state index contributed by atoms with van der Waals surface area (Å²) in [6.45, 7) is 6.76. The van der Waals surface area contributed by atoms with Crippen molar-refractivity contribution in [1.82, 2.24) is 19.6 Å². The summed E-state index contributed by atoms with van der Waals surface area (Å²) >= 11 is 0. The number of amides is 1. The third-order valence-corrected chi connectivity index (χ3v) is 6.36. The molecule has 0 spiro atoms. The van der Waals surface area contributed by atoms with Crippen LogP contribution in [0, 0.1) is 0 Å². The van der Waals surface area contributed by atoms with Crippen LogP contribution in [0.2, 0.25) is 0 Å². The highest BCUT2D eigenvalue weighted by Crippen LogP contribution is 2.34. The number of hydrogen-bond donors (Lipinski definition) is 0. The number of aromatic nitrogens is 2. The molecule has 5 nitrogen and oxygen atoms in total. The Morgan fingerprint density at radius 3 is 2.39 bits per heavy atom. The van der Waals surface area contributed by atoms with Crippen molar-refractivity contribution in [2.75, 3.05) is 26.2 Å². The van der Waals surface area contributed by atoms with Crippen LogP contribution >= 0.6 is 0 Å². The number of halogens is 3. The average Bonchev–Trinajstić information content (AvgIpc) is 3.12. The molecular weight excluding hydrogens is 405 g/mol. The summed E-state index contributed by atoms with van der Waals surface area (Å²) in [6, 6.07) is 5.16. The molecule has 2 aliphatic heterocycles. The van der Waals surface area contributed by atoms with Gasteiger partial charge in [-0.15, -0.1) is 0 Å². The average molecular weight is 435 g/mol. The molecule has 8 heteroatoms. The molecule has 1 aromatic carbocycles. The van der Waals surface area contributed by atoms with Crippen molar-refractivity contribution >= 4 is 5.91 Å². The second-order valence-corrected chi connectivity index (χ2v) is 8.52. The Kier molecular flexibility index (Phi) is 6.36. The monoisotopic (exact) mass is 434 g/mol. The molecule has 0 aliphatic carbocycles. The number of nitrogens with zero attached hydrogens (tertiary/aromatic N) is 4. The van der Waals surface area contributed by atoms with Crippen molar-refractivity contribution in [2.45, 2.75) is 58.3 Å². The lowest BCUT2D eigenvalue weighted by atomic mass is 10.00. The number of rotatable bonds is 5. The zero-order valence-electron chi connectivity index (χ0n) is 17.9. The standard InChI is InChI=1S/C23H29F3N4O/c1-17(31)29-15-10-21-20(16-29)22(18-6-8-19(9-7-18)23(24,25)26)27-30(21)14-5-13-28-11-3-2-4-12-28/h6-9H,2-5,10-16H2,1H3. The zero-order valence-corrected chi connectivity index (χ0v) is 17.9. The van der Waals surface area contributed by atoms with Crippen molar-refractivity contribution < 1.29 is 18.0 Å². The summed E-state index contributed by atoms with van der Waals surface area (Å²) in [7, 11) is 0. The summed E-state index contributed by atoms with van der Waals surface area (Å²) in [5, 5.41) is 4.81. The van der Waals surface area contributed by atoms with Gasteiger partial charge in [-0.25, -0.2) is 0 Å². The molecule has 0 bridgehead atoms. The fraction of sp³-hybridized carbons (Fsp3) is 0.565. The molecule has 1 saturated heterocycles. The molecule has 0 atom stereocenters. The lowest BCUT2D eigenvalue weighted by Crippen LogP contribution is -2.35. The molecule has 3 heterocycles. The van der Waals surface area contributed by atoms with E-state index in [0.29, 0.717) is 30.8 Å². The Balaban J connectivity index is 1.57. The van der Waals surface area contributed by atoms with Gasteiger partial charge in [-0.1, -0.05) is 18.6 Å². The van der Waals surface area contributed by atoms with E-state index in [4.69, 9.17) is 5.10 Å². The molecule has 4 rings (SSSR count). The zero-order chi connectivity index (χ0) is 22.0. The van der Waals surface area contributed by atoms with Crippen molar-refractivity contribution in [1.29, 1.82) is 0 Å². The molecule has 31 heavy (non-hydrogen) atoms. The summed E-state index contributed by atoms with van der Waals surface area (Å²) in [5.74, 6) is 0.00173. The molecule has 2 aliphatic rings. The first-order chi connectivity index (χ1) is 14.8. The normalized spacial score (nSPS) is 17.6. The molecule has 1 aromatic heterocycles. The maximum atomic E-state index is 13.0. The van der Waals surface area contributed by atoms with Crippen molar-refractivity contribution in [3.63, 3.8) is 0 Å². The van der Waals surface area contributed by atoms with E-state index in [1.54, 1.807) is 11.8 Å². The molecule has 2 aromatic rings. The van der Waals surface area contributed by atoms with Crippen LogP contribution in [-0.4, -0.2) is 51.7 Å². The van der Waals surface area contributed by atoms with Gasteiger partial charge in [0, 0.05) is 49.8 Å². The molecule has 0 N–H and O–H groups in total. The van der Waals surface area contributed by atoms with E-state index in [0.717, 1.165) is 56.0 Å². The number of benzene rings is 1.